The predicted octanol–water partition coefficient (Wildman–Crippen LogP) is 3.02. The van der Waals surface area contributed by atoms with Crippen LogP contribution in [0.1, 0.15) is 49.2 Å². The first-order chi connectivity index (χ1) is 14.3. The minimum absolute atomic E-state index is 0.0177. The van der Waals surface area contributed by atoms with E-state index in [9.17, 15) is 18.0 Å². The van der Waals surface area contributed by atoms with E-state index in [2.05, 4.69) is 5.32 Å². The maximum absolute atomic E-state index is 12.9. The van der Waals surface area contributed by atoms with Crippen LogP contribution in [-0.2, 0) is 21.2 Å². The molecule has 1 atom stereocenters. The minimum Gasteiger partial charge on any atom is -0.469 e. The largest absolute Gasteiger partial charge is 0.469 e. The first-order valence-electron chi connectivity index (χ1n) is 10.2. The summed E-state index contributed by atoms with van der Waals surface area (Å²) in [7, 11) is -3.63. The van der Waals surface area contributed by atoms with Crippen LogP contribution in [0.4, 0.5) is 0 Å². The van der Waals surface area contributed by atoms with Crippen LogP contribution in [0.2, 0.25) is 0 Å². The van der Waals surface area contributed by atoms with Gasteiger partial charge in [-0.3, -0.25) is 9.59 Å². The Labute approximate surface area is 177 Å². The summed E-state index contributed by atoms with van der Waals surface area (Å²) in [6.45, 7) is 4.01. The Hall–Kier alpha value is -2.45. The van der Waals surface area contributed by atoms with Crippen LogP contribution in [0, 0.1) is 5.92 Å². The Bertz CT molecular complexity index is 959. The highest BCUT2D eigenvalue weighted by Gasteiger charge is 2.32. The van der Waals surface area contributed by atoms with Gasteiger partial charge >= 0.3 is 0 Å². The Kier molecular flexibility index (Phi) is 7.10. The molecule has 2 aromatic rings. The van der Waals surface area contributed by atoms with E-state index in [0.29, 0.717) is 31.5 Å². The fourth-order valence-corrected chi connectivity index (χ4v) is 5.09. The van der Waals surface area contributed by atoms with Crippen LogP contribution < -0.4 is 5.32 Å². The number of hydrogen-bond donors (Lipinski definition) is 1. The lowest BCUT2D eigenvalue weighted by molar-refractivity contribution is -0.126. The summed E-state index contributed by atoms with van der Waals surface area (Å²) < 4.78 is 32.4. The third kappa shape index (κ3) is 5.37. The lowest BCUT2D eigenvalue weighted by Gasteiger charge is -2.31. The number of furan rings is 1. The number of carbonyl (C=O) groups is 2. The molecule has 1 amide bonds. The van der Waals surface area contributed by atoms with Gasteiger partial charge in [-0.2, -0.15) is 4.31 Å². The minimum atomic E-state index is -3.63. The average Bonchev–Trinajstić information content (AvgIpc) is 3.26. The molecule has 1 saturated heterocycles. The molecule has 0 radical (unpaired) electrons. The lowest BCUT2D eigenvalue weighted by atomic mass is 9.96. The summed E-state index contributed by atoms with van der Waals surface area (Å²) in [5.74, 6) is 0.572. The molecule has 0 aliphatic carbocycles. The molecule has 1 fully saturated rings. The number of sulfonamides is 1. The van der Waals surface area contributed by atoms with E-state index in [4.69, 9.17) is 4.42 Å². The quantitative estimate of drug-likeness (QED) is 0.647. The molecular formula is C22H28N2O5S. The van der Waals surface area contributed by atoms with Gasteiger partial charge in [0.15, 0.2) is 5.78 Å². The van der Waals surface area contributed by atoms with Crippen LogP contribution in [0.5, 0.6) is 0 Å². The van der Waals surface area contributed by atoms with E-state index in [1.807, 2.05) is 19.1 Å². The van der Waals surface area contributed by atoms with E-state index >= 15 is 0 Å². The average molecular weight is 433 g/mol. The van der Waals surface area contributed by atoms with Gasteiger partial charge < -0.3 is 9.73 Å². The number of Topliss-reactive ketones (excluding diaryl/α,β-unsaturated/α-hetero) is 1. The van der Waals surface area contributed by atoms with Crippen molar-refractivity contribution in [2.75, 3.05) is 13.1 Å². The van der Waals surface area contributed by atoms with Crippen molar-refractivity contribution in [2.24, 2.45) is 5.92 Å². The molecule has 1 N–H and O–H groups in total. The number of nitrogens with one attached hydrogen (secondary N) is 1. The molecule has 3 rings (SSSR count). The highest BCUT2D eigenvalue weighted by atomic mass is 32.2. The van der Waals surface area contributed by atoms with E-state index in [0.717, 1.165) is 18.6 Å². The SMILES string of the molecule is CC(=O)c1ccc(S(=O)(=O)N2CCC(C(=O)NC(C)CCc3ccco3)CC2)cc1. The topological polar surface area (TPSA) is 96.7 Å². The Balaban J connectivity index is 1.50. The van der Waals surface area contributed by atoms with E-state index in [1.165, 1.54) is 35.5 Å². The first-order valence-corrected chi connectivity index (χ1v) is 11.7. The molecule has 30 heavy (non-hydrogen) atoms. The van der Waals surface area contributed by atoms with Gasteiger partial charge in [0.05, 0.1) is 11.2 Å². The van der Waals surface area contributed by atoms with Crippen molar-refractivity contribution in [1.82, 2.24) is 9.62 Å². The molecule has 0 bridgehead atoms. The number of nitrogens with zero attached hydrogens (tertiary/aromatic N) is 1. The van der Waals surface area contributed by atoms with Gasteiger partial charge in [0.2, 0.25) is 15.9 Å². The first kappa shape index (κ1) is 22.2. The maximum Gasteiger partial charge on any atom is 0.243 e. The van der Waals surface area contributed by atoms with Gasteiger partial charge in [0.25, 0.3) is 0 Å². The predicted molar refractivity (Wildman–Crippen MR) is 113 cm³/mol. The molecule has 2 heterocycles. The Morgan fingerprint density at radius 1 is 1.17 bits per heavy atom. The van der Waals surface area contributed by atoms with Crippen molar-refractivity contribution < 1.29 is 22.4 Å². The van der Waals surface area contributed by atoms with Crippen LogP contribution in [0.15, 0.2) is 52.0 Å². The molecular weight excluding hydrogens is 404 g/mol. The zero-order chi connectivity index (χ0) is 21.7. The third-order valence-electron chi connectivity index (χ3n) is 5.52. The second kappa shape index (κ2) is 9.57. The van der Waals surface area contributed by atoms with Gasteiger partial charge in [0.1, 0.15) is 5.76 Å². The number of rotatable bonds is 8. The van der Waals surface area contributed by atoms with Crippen LogP contribution in [0.3, 0.4) is 0 Å². The molecule has 7 nitrogen and oxygen atoms in total. The summed E-state index contributed by atoms with van der Waals surface area (Å²) in [6.07, 6.45) is 4.15. The maximum atomic E-state index is 12.9. The molecule has 162 valence electrons. The second-order valence-corrected chi connectivity index (χ2v) is 9.72. The van der Waals surface area contributed by atoms with Gasteiger partial charge in [-0.1, -0.05) is 12.1 Å². The summed E-state index contributed by atoms with van der Waals surface area (Å²) in [5, 5.41) is 3.03. The summed E-state index contributed by atoms with van der Waals surface area (Å²) in [5.41, 5.74) is 0.477. The summed E-state index contributed by atoms with van der Waals surface area (Å²) in [6, 6.07) is 9.76. The van der Waals surface area contributed by atoms with Crippen molar-refractivity contribution >= 4 is 21.7 Å². The van der Waals surface area contributed by atoms with E-state index < -0.39 is 10.0 Å². The third-order valence-corrected chi connectivity index (χ3v) is 7.43. The molecule has 1 aromatic heterocycles. The van der Waals surface area contributed by atoms with Crippen LogP contribution >= 0.6 is 0 Å². The number of amides is 1. The summed E-state index contributed by atoms with van der Waals surface area (Å²) in [4.78, 5) is 24.1. The Morgan fingerprint density at radius 2 is 1.83 bits per heavy atom. The van der Waals surface area contributed by atoms with Crippen molar-refractivity contribution in [1.29, 1.82) is 0 Å². The number of piperidine rings is 1. The molecule has 1 aromatic carbocycles. The molecule has 1 unspecified atom stereocenters. The summed E-state index contributed by atoms with van der Waals surface area (Å²) >= 11 is 0. The smallest absolute Gasteiger partial charge is 0.243 e. The fourth-order valence-electron chi connectivity index (χ4n) is 3.62. The monoisotopic (exact) mass is 432 g/mol. The van der Waals surface area contributed by atoms with Crippen LogP contribution in [-0.4, -0.2) is 43.5 Å². The highest BCUT2D eigenvalue weighted by molar-refractivity contribution is 7.89. The van der Waals surface area contributed by atoms with Crippen molar-refractivity contribution in [3.63, 3.8) is 0 Å². The van der Waals surface area contributed by atoms with Gasteiger partial charge in [0, 0.05) is 37.0 Å². The van der Waals surface area contributed by atoms with Gasteiger partial charge in [-0.25, -0.2) is 8.42 Å². The van der Waals surface area contributed by atoms with Crippen molar-refractivity contribution in [3.8, 4) is 0 Å². The number of benzene rings is 1. The molecule has 0 saturated carbocycles. The fraction of sp³-hybridized carbons (Fsp3) is 0.455. The molecule has 8 heteroatoms. The number of carbonyl (C=O) groups excluding carboxylic acids is 2. The molecule has 0 spiro atoms. The Morgan fingerprint density at radius 3 is 2.40 bits per heavy atom. The van der Waals surface area contributed by atoms with Gasteiger partial charge in [-0.05, 0) is 57.4 Å². The van der Waals surface area contributed by atoms with Gasteiger partial charge in [-0.15, -0.1) is 0 Å². The second-order valence-electron chi connectivity index (χ2n) is 7.79. The molecule has 1 aliphatic heterocycles. The highest BCUT2D eigenvalue weighted by Crippen LogP contribution is 2.24. The lowest BCUT2D eigenvalue weighted by Crippen LogP contribution is -2.44. The zero-order valence-electron chi connectivity index (χ0n) is 17.3. The normalized spacial score (nSPS) is 16.9. The number of ketones is 1. The van der Waals surface area contributed by atoms with Crippen LogP contribution in [0.25, 0.3) is 0 Å². The van der Waals surface area contributed by atoms with Crippen molar-refractivity contribution in [3.05, 3.63) is 54.0 Å². The van der Waals surface area contributed by atoms with Crippen molar-refractivity contribution in [2.45, 2.75) is 50.5 Å². The number of hydrogen-bond acceptors (Lipinski definition) is 5. The van der Waals surface area contributed by atoms with E-state index in [1.54, 1.807) is 6.26 Å². The standard InChI is InChI=1S/C22H28N2O5S/c1-16(5-8-20-4-3-15-29-20)23-22(26)19-11-13-24(14-12-19)30(27,28)21-9-6-18(7-10-21)17(2)25/h3-4,6-7,9-10,15-16,19H,5,8,11-14H2,1-2H3,(H,23,26). The molecule has 1 aliphatic rings. The zero-order valence-corrected chi connectivity index (χ0v) is 18.2. The number of aryl methyl sites for hydroxylation is 1. The van der Waals surface area contributed by atoms with E-state index in [-0.39, 0.29) is 28.5 Å².